The fourth-order valence-corrected chi connectivity index (χ4v) is 2.99. The number of halogens is 1. The first-order valence-electron chi connectivity index (χ1n) is 6.66. The van der Waals surface area contributed by atoms with Gasteiger partial charge in [0.15, 0.2) is 11.6 Å². The van der Waals surface area contributed by atoms with Crippen molar-refractivity contribution in [1.29, 1.82) is 10.5 Å². The zero-order chi connectivity index (χ0) is 15.5. The van der Waals surface area contributed by atoms with Crippen LogP contribution in [0.25, 0.3) is 0 Å². The number of hydrogen-bond acceptors (Lipinski definition) is 4. The summed E-state index contributed by atoms with van der Waals surface area (Å²) in [7, 11) is 0. The highest BCUT2D eigenvalue weighted by Crippen LogP contribution is 2.42. The Morgan fingerprint density at radius 1 is 1.33 bits per heavy atom. The van der Waals surface area contributed by atoms with Gasteiger partial charge in [0, 0.05) is 22.9 Å². The number of nitrogens with zero attached hydrogens (tertiary/aromatic N) is 2. The van der Waals surface area contributed by atoms with Gasteiger partial charge in [-0.05, 0) is 25.0 Å². The van der Waals surface area contributed by atoms with E-state index in [4.69, 9.17) is 0 Å². The fraction of sp³-hybridized carbons (Fsp3) is 0.375. The molecule has 5 heteroatoms. The van der Waals surface area contributed by atoms with Crippen molar-refractivity contribution in [2.45, 2.75) is 25.7 Å². The number of ketones is 2. The van der Waals surface area contributed by atoms with Gasteiger partial charge < -0.3 is 0 Å². The van der Waals surface area contributed by atoms with Crippen LogP contribution >= 0.6 is 15.9 Å². The highest BCUT2D eigenvalue weighted by molar-refractivity contribution is 9.10. The summed E-state index contributed by atoms with van der Waals surface area (Å²) in [5.41, 5.74) is -0.822. The topological polar surface area (TPSA) is 81.7 Å². The monoisotopic (exact) mass is 344 g/mol. The van der Waals surface area contributed by atoms with Gasteiger partial charge in [0.05, 0.1) is 18.1 Å². The van der Waals surface area contributed by atoms with E-state index >= 15 is 0 Å². The molecule has 1 aliphatic carbocycles. The second-order valence-electron chi connectivity index (χ2n) is 5.18. The predicted octanol–water partition coefficient (Wildman–Crippen LogP) is 3.42. The third kappa shape index (κ3) is 2.89. The molecule has 0 aliphatic heterocycles. The predicted molar refractivity (Wildman–Crippen MR) is 79.1 cm³/mol. The van der Waals surface area contributed by atoms with Crippen molar-refractivity contribution < 1.29 is 9.59 Å². The lowest BCUT2D eigenvalue weighted by Gasteiger charge is -2.23. The number of hydrogen-bond donors (Lipinski definition) is 0. The Bertz CT molecular complexity index is 654. The lowest BCUT2D eigenvalue weighted by atomic mass is 9.72. The summed E-state index contributed by atoms with van der Waals surface area (Å²) in [6.07, 6.45) is 1.20. The third-order valence-electron chi connectivity index (χ3n) is 3.98. The summed E-state index contributed by atoms with van der Waals surface area (Å²) < 4.78 is 0.857. The first-order chi connectivity index (χ1) is 10.0. The van der Waals surface area contributed by atoms with Crippen molar-refractivity contribution in [3.63, 3.8) is 0 Å². The highest BCUT2D eigenvalue weighted by Gasteiger charge is 2.49. The van der Waals surface area contributed by atoms with E-state index in [2.05, 4.69) is 15.9 Å². The standard InChI is InChI=1S/C16H13BrN2O2/c17-13-5-3-11(4-6-13)14(20)8-12(9-18)16(10-19)7-1-2-15(16)21/h3-6,12H,1-2,7-8H2/t12-,16-/m1/s1. The molecule has 0 aromatic heterocycles. The largest absolute Gasteiger partial charge is 0.298 e. The minimum atomic E-state index is -1.31. The zero-order valence-corrected chi connectivity index (χ0v) is 12.9. The lowest BCUT2D eigenvalue weighted by Crippen LogP contribution is -2.34. The molecule has 0 radical (unpaired) electrons. The molecule has 0 amide bonds. The van der Waals surface area contributed by atoms with Gasteiger partial charge in [-0.1, -0.05) is 28.1 Å². The van der Waals surface area contributed by atoms with Crippen LogP contribution in [0.2, 0.25) is 0 Å². The summed E-state index contributed by atoms with van der Waals surface area (Å²) in [4.78, 5) is 24.3. The molecule has 1 aromatic rings. The Labute approximate surface area is 131 Å². The zero-order valence-electron chi connectivity index (χ0n) is 11.3. The van der Waals surface area contributed by atoms with Gasteiger partial charge in [-0.25, -0.2) is 0 Å². The number of rotatable bonds is 4. The number of carbonyl (C=O) groups excluding carboxylic acids is 2. The SMILES string of the molecule is N#C[C@@H](CC(=O)c1ccc(Br)cc1)[C@]1(C#N)CCCC1=O. The van der Waals surface area contributed by atoms with Crippen LogP contribution in [-0.4, -0.2) is 11.6 Å². The molecular formula is C16H13BrN2O2. The maximum absolute atomic E-state index is 12.3. The summed E-state index contributed by atoms with van der Waals surface area (Å²) in [5, 5.41) is 18.7. The highest BCUT2D eigenvalue weighted by atomic mass is 79.9. The maximum Gasteiger partial charge on any atom is 0.164 e. The van der Waals surface area contributed by atoms with E-state index in [9.17, 15) is 20.1 Å². The summed E-state index contributed by atoms with van der Waals surface area (Å²) in [5.74, 6) is -1.31. The first kappa shape index (κ1) is 15.4. The molecule has 21 heavy (non-hydrogen) atoms. The molecule has 0 heterocycles. The molecule has 1 aromatic carbocycles. The quantitative estimate of drug-likeness (QED) is 0.783. The molecule has 0 saturated heterocycles. The average Bonchev–Trinajstić information content (AvgIpc) is 2.87. The molecule has 0 unspecified atom stereocenters. The third-order valence-corrected chi connectivity index (χ3v) is 4.51. The van der Waals surface area contributed by atoms with E-state index < -0.39 is 11.3 Å². The van der Waals surface area contributed by atoms with Crippen LogP contribution in [0.1, 0.15) is 36.0 Å². The average molecular weight is 345 g/mol. The maximum atomic E-state index is 12.3. The van der Waals surface area contributed by atoms with Gasteiger partial charge in [0.25, 0.3) is 0 Å². The van der Waals surface area contributed by atoms with E-state index in [1.165, 1.54) is 0 Å². The van der Waals surface area contributed by atoms with Crippen LogP contribution in [0.4, 0.5) is 0 Å². The second kappa shape index (κ2) is 6.20. The van der Waals surface area contributed by atoms with E-state index in [1.807, 2.05) is 12.1 Å². The Morgan fingerprint density at radius 2 is 2.00 bits per heavy atom. The van der Waals surface area contributed by atoms with E-state index in [-0.39, 0.29) is 18.0 Å². The normalized spacial score (nSPS) is 22.3. The number of Topliss-reactive ketones (excluding diaryl/α,β-unsaturated/α-hetero) is 2. The molecule has 1 fully saturated rings. The van der Waals surface area contributed by atoms with Gasteiger partial charge >= 0.3 is 0 Å². The van der Waals surface area contributed by atoms with E-state index in [1.54, 1.807) is 24.3 Å². The number of benzene rings is 1. The van der Waals surface area contributed by atoms with E-state index in [0.29, 0.717) is 24.8 Å². The molecule has 1 saturated carbocycles. The van der Waals surface area contributed by atoms with Crippen LogP contribution in [0.15, 0.2) is 28.7 Å². The van der Waals surface area contributed by atoms with Crippen molar-refractivity contribution >= 4 is 27.5 Å². The first-order valence-corrected chi connectivity index (χ1v) is 7.46. The number of nitriles is 2. The van der Waals surface area contributed by atoms with Gasteiger partial charge in [-0.2, -0.15) is 10.5 Å². The molecule has 4 nitrogen and oxygen atoms in total. The summed E-state index contributed by atoms with van der Waals surface area (Å²) in [6, 6.07) is 10.8. The minimum Gasteiger partial charge on any atom is -0.298 e. The molecule has 0 N–H and O–H groups in total. The fourth-order valence-electron chi connectivity index (χ4n) is 2.72. The molecular weight excluding hydrogens is 332 g/mol. The number of carbonyl (C=O) groups is 2. The van der Waals surface area contributed by atoms with Crippen molar-refractivity contribution in [3.8, 4) is 12.1 Å². The smallest absolute Gasteiger partial charge is 0.164 e. The van der Waals surface area contributed by atoms with Crippen molar-refractivity contribution in [1.82, 2.24) is 0 Å². The van der Waals surface area contributed by atoms with Gasteiger partial charge in [-0.15, -0.1) is 0 Å². The Kier molecular flexibility index (Phi) is 4.55. The molecule has 2 rings (SSSR count). The molecule has 0 spiro atoms. The van der Waals surface area contributed by atoms with Crippen LogP contribution in [0.3, 0.4) is 0 Å². The molecule has 2 atom stereocenters. The van der Waals surface area contributed by atoms with E-state index in [0.717, 1.165) is 4.47 Å². The van der Waals surface area contributed by atoms with Crippen LogP contribution < -0.4 is 0 Å². The Morgan fingerprint density at radius 3 is 2.48 bits per heavy atom. The Balaban J connectivity index is 2.22. The van der Waals surface area contributed by atoms with Crippen LogP contribution in [0, 0.1) is 34.0 Å². The lowest BCUT2D eigenvalue weighted by molar-refractivity contribution is -0.124. The Hall–Kier alpha value is -1.98. The summed E-state index contributed by atoms with van der Waals surface area (Å²) >= 11 is 3.29. The van der Waals surface area contributed by atoms with Crippen molar-refractivity contribution in [3.05, 3.63) is 34.3 Å². The van der Waals surface area contributed by atoms with Gasteiger partial charge in [-0.3, -0.25) is 9.59 Å². The van der Waals surface area contributed by atoms with Gasteiger partial charge in [0.1, 0.15) is 5.41 Å². The molecule has 0 bridgehead atoms. The minimum absolute atomic E-state index is 0.0998. The molecule has 106 valence electrons. The van der Waals surface area contributed by atoms with Gasteiger partial charge in [0.2, 0.25) is 0 Å². The van der Waals surface area contributed by atoms with Crippen molar-refractivity contribution in [2.24, 2.45) is 11.3 Å². The summed E-state index contributed by atoms with van der Waals surface area (Å²) in [6.45, 7) is 0. The second-order valence-corrected chi connectivity index (χ2v) is 6.09. The van der Waals surface area contributed by atoms with Crippen LogP contribution in [0.5, 0.6) is 0 Å². The van der Waals surface area contributed by atoms with Crippen molar-refractivity contribution in [2.75, 3.05) is 0 Å². The molecule has 1 aliphatic rings. The van der Waals surface area contributed by atoms with Crippen LogP contribution in [-0.2, 0) is 4.79 Å².